The van der Waals surface area contributed by atoms with Crippen LogP contribution in [0.25, 0.3) is 0 Å². The molecule has 0 atom stereocenters. The summed E-state index contributed by atoms with van der Waals surface area (Å²) in [6.45, 7) is 3.79. The van der Waals surface area contributed by atoms with Crippen molar-refractivity contribution in [3.63, 3.8) is 0 Å². The van der Waals surface area contributed by atoms with E-state index in [-0.39, 0.29) is 5.82 Å². The van der Waals surface area contributed by atoms with Crippen molar-refractivity contribution in [2.24, 2.45) is 0 Å². The summed E-state index contributed by atoms with van der Waals surface area (Å²) in [6.07, 6.45) is 0. The lowest BCUT2D eigenvalue weighted by Gasteiger charge is -2.31. The normalized spacial score (nSPS) is 17.2. The lowest BCUT2D eigenvalue weighted by Crippen LogP contribution is -3.12. The Morgan fingerprint density at radius 3 is 2.62 bits per heavy atom. The molecule has 1 aromatic rings. The first kappa shape index (κ1) is 10.9. The fourth-order valence-corrected chi connectivity index (χ4v) is 1.96. The lowest BCUT2D eigenvalue weighted by molar-refractivity contribution is -0.880. The van der Waals surface area contributed by atoms with Gasteiger partial charge in [-0.3, -0.25) is 0 Å². The zero-order chi connectivity index (χ0) is 11.5. The van der Waals surface area contributed by atoms with E-state index in [4.69, 9.17) is 5.26 Å². The van der Waals surface area contributed by atoms with E-state index < -0.39 is 0 Å². The molecule has 16 heavy (non-hydrogen) atoms. The van der Waals surface area contributed by atoms with E-state index in [1.807, 2.05) is 11.0 Å². The fourth-order valence-electron chi connectivity index (χ4n) is 1.96. The first-order chi connectivity index (χ1) is 7.70. The fraction of sp³-hybridized carbons (Fsp3) is 0.417. The Morgan fingerprint density at radius 2 is 2.06 bits per heavy atom. The first-order valence-corrected chi connectivity index (χ1v) is 5.46. The summed E-state index contributed by atoms with van der Waals surface area (Å²) in [4.78, 5) is 3.52. The molecule has 1 aliphatic rings. The molecular weight excluding hydrogens is 205 g/mol. The van der Waals surface area contributed by atoms with Crippen molar-refractivity contribution < 1.29 is 9.29 Å². The van der Waals surface area contributed by atoms with Gasteiger partial charge >= 0.3 is 0 Å². The highest BCUT2D eigenvalue weighted by Crippen LogP contribution is 2.20. The van der Waals surface area contributed by atoms with E-state index in [0.29, 0.717) is 11.3 Å². The maximum atomic E-state index is 13.7. The Bertz CT molecular complexity index is 417. The third-order valence-electron chi connectivity index (χ3n) is 3.03. The van der Waals surface area contributed by atoms with Gasteiger partial charge in [-0.15, -0.1) is 0 Å². The molecule has 1 aromatic carbocycles. The van der Waals surface area contributed by atoms with Crippen molar-refractivity contribution in [3.8, 4) is 6.07 Å². The second kappa shape index (κ2) is 4.50. The largest absolute Gasteiger partial charge is 0.358 e. The molecule has 1 N–H and O–H groups in total. The van der Waals surface area contributed by atoms with Crippen molar-refractivity contribution in [2.75, 3.05) is 38.1 Å². The number of nitriles is 1. The van der Waals surface area contributed by atoms with Gasteiger partial charge in [0, 0.05) is 0 Å². The number of piperazine rings is 1. The van der Waals surface area contributed by atoms with Crippen LogP contribution < -0.4 is 9.80 Å². The number of benzene rings is 1. The van der Waals surface area contributed by atoms with E-state index in [2.05, 4.69) is 7.05 Å². The molecule has 0 bridgehead atoms. The van der Waals surface area contributed by atoms with Gasteiger partial charge in [-0.05, 0) is 18.2 Å². The summed E-state index contributed by atoms with van der Waals surface area (Å²) >= 11 is 0. The van der Waals surface area contributed by atoms with Crippen LogP contribution in [0.3, 0.4) is 0 Å². The van der Waals surface area contributed by atoms with Crippen LogP contribution in [0.4, 0.5) is 10.1 Å². The van der Waals surface area contributed by atoms with Crippen LogP contribution in [0.1, 0.15) is 5.56 Å². The average Bonchev–Trinajstić information content (AvgIpc) is 2.30. The van der Waals surface area contributed by atoms with Gasteiger partial charge in [0.15, 0.2) is 0 Å². The van der Waals surface area contributed by atoms with Gasteiger partial charge in [-0.2, -0.15) is 5.26 Å². The van der Waals surface area contributed by atoms with Gasteiger partial charge in [0.25, 0.3) is 0 Å². The maximum Gasteiger partial charge on any atom is 0.147 e. The van der Waals surface area contributed by atoms with Crippen LogP contribution in [0.5, 0.6) is 0 Å². The highest BCUT2D eigenvalue weighted by atomic mass is 19.1. The predicted molar refractivity (Wildman–Crippen MR) is 59.9 cm³/mol. The van der Waals surface area contributed by atoms with Crippen LogP contribution in [-0.2, 0) is 0 Å². The summed E-state index contributed by atoms with van der Waals surface area (Å²) in [6, 6.07) is 6.62. The Hall–Kier alpha value is -1.60. The number of quaternary nitrogens is 1. The van der Waals surface area contributed by atoms with Crippen LogP contribution in [0, 0.1) is 17.1 Å². The van der Waals surface area contributed by atoms with Crippen LogP contribution >= 0.6 is 0 Å². The second-order valence-corrected chi connectivity index (χ2v) is 4.22. The summed E-state index contributed by atoms with van der Waals surface area (Å²) in [7, 11) is 2.15. The highest BCUT2D eigenvalue weighted by Gasteiger charge is 2.19. The molecule has 1 saturated heterocycles. The Morgan fingerprint density at radius 1 is 1.38 bits per heavy atom. The molecule has 0 aromatic heterocycles. The Kier molecular flexibility index (Phi) is 3.07. The second-order valence-electron chi connectivity index (χ2n) is 4.22. The van der Waals surface area contributed by atoms with Gasteiger partial charge in [0.05, 0.1) is 50.5 Å². The number of hydrogen-bond donors (Lipinski definition) is 1. The van der Waals surface area contributed by atoms with Crippen molar-refractivity contribution in [2.45, 2.75) is 0 Å². The van der Waals surface area contributed by atoms with Gasteiger partial charge in [-0.25, -0.2) is 4.39 Å². The quantitative estimate of drug-likeness (QED) is 0.724. The summed E-state index contributed by atoms with van der Waals surface area (Å²) in [5, 5.41) is 8.66. The number of rotatable bonds is 1. The molecular formula is C12H15FN3+. The van der Waals surface area contributed by atoms with Crippen molar-refractivity contribution in [1.82, 2.24) is 0 Å². The van der Waals surface area contributed by atoms with Crippen molar-refractivity contribution in [1.29, 1.82) is 5.26 Å². The molecule has 2 rings (SSSR count). The van der Waals surface area contributed by atoms with Crippen molar-refractivity contribution >= 4 is 5.69 Å². The van der Waals surface area contributed by atoms with Gasteiger partial charge in [-0.1, -0.05) is 0 Å². The van der Waals surface area contributed by atoms with Crippen LogP contribution in [0.15, 0.2) is 18.2 Å². The van der Waals surface area contributed by atoms with E-state index >= 15 is 0 Å². The van der Waals surface area contributed by atoms with E-state index in [1.165, 1.54) is 11.0 Å². The smallest absolute Gasteiger partial charge is 0.147 e. The standard InChI is InChI=1S/C12H14FN3/c1-15-4-6-16(7-5-15)12-3-2-10(9-14)8-11(12)13/h2-3,8H,4-7H2,1H3/p+1. The number of likely N-dealkylation sites (N-methyl/N-ethyl adjacent to an activating group) is 1. The van der Waals surface area contributed by atoms with E-state index in [0.717, 1.165) is 26.2 Å². The zero-order valence-electron chi connectivity index (χ0n) is 9.33. The van der Waals surface area contributed by atoms with E-state index in [9.17, 15) is 4.39 Å². The number of anilines is 1. The topological polar surface area (TPSA) is 31.5 Å². The maximum absolute atomic E-state index is 13.7. The third kappa shape index (κ3) is 2.15. The zero-order valence-corrected chi connectivity index (χ0v) is 9.33. The minimum absolute atomic E-state index is 0.293. The number of nitrogens with zero attached hydrogens (tertiary/aromatic N) is 2. The molecule has 1 heterocycles. The lowest BCUT2D eigenvalue weighted by atomic mass is 10.2. The highest BCUT2D eigenvalue weighted by molar-refractivity contribution is 5.51. The summed E-state index contributed by atoms with van der Waals surface area (Å²) in [5.74, 6) is -0.293. The molecule has 4 heteroatoms. The monoisotopic (exact) mass is 220 g/mol. The molecule has 0 amide bonds. The molecule has 0 aliphatic carbocycles. The Balaban J connectivity index is 2.18. The number of nitrogens with one attached hydrogen (secondary N) is 1. The summed E-state index contributed by atoms with van der Waals surface area (Å²) < 4.78 is 13.7. The summed E-state index contributed by atoms with van der Waals surface area (Å²) in [5.41, 5.74) is 0.993. The molecule has 0 unspecified atom stereocenters. The molecule has 0 spiro atoms. The molecule has 3 nitrogen and oxygen atoms in total. The first-order valence-electron chi connectivity index (χ1n) is 5.46. The molecule has 84 valence electrons. The van der Waals surface area contributed by atoms with Gasteiger partial charge in [0.1, 0.15) is 5.82 Å². The number of hydrogen-bond acceptors (Lipinski definition) is 2. The Labute approximate surface area is 94.7 Å². The van der Waals surface area contributed by atoms with Crippen molar-refractivity contribution in [3.05, 3.63) is 29.6 Å². The molecule has 1 fully saturated rings. The minimum atomic E-state index is -0.293. The molecule has 0 radical (unpaired) electrons. The average molecular weight is 220 g/mol. The predicted octanol–water partition coefficient (Wildman–Crippen LogP) is 0.0321. The third-order valence-corrected chi connectivity index (χ3v) is 3.03. The molecule has 0 saturated carbocycles. The van der Waals surface area contributed by atoms with Gasteiger partial charge < -0.3 is 9.80 Å². The van der Waals surface area contributed by atoms with Crippen LogP contribution in [-0.4, -0.2) is 33.2 Å². The number of halogens is 1. The SMILES string of the molecule is C[NH+]1CCN(c2ccc(C#N)cc2F)CC1. The minimum Gasteiger partial charge on any atom is -0.358 e. The molecule has 1 aliphatic heterocycles. The van der Waals surface area contributed by atoms with E-state index in [1.54, 1.807) is 12.1 Å². The van der Waals surface area contributed by atoms with Gasteiger partial charge in [0.2, 0.25) is 0 Å². The van der Waals surface area contributed by atoms with Crippen LogP contribution in [0.2, 0.25) is 0 Å².